The number of aryl methyl sites for hydroxylation is 1. The lowest BCUT2D eigenvalue weighted by atomic mass is 9.85. The fraction of sp³-hybridized carbons (Fsp3) is 0.500. The predicted octanol–water partition coefficient (Wildman–Crippen LogP) is 1.91. The quantitative estimate of drug-likeness (QED) is 0.127. The molecule has 1 aromatic rings. The molecule has 4 atom stereocenters. The Morgan fingerprint density at radius 1 is 1.07 bits per heavy atom. The summed E-state index contributed by atoms with van der Waals surface area (Å²) in [6.45, 7) is 1.61. The number of phenols is 1. The van der Waals surface area contributed by atoms with E-state index in [1.54, 1.807) is 19.2 Å². The molecule has 0 aromatic heterocycles. The van der Waals surface area contributed by atoms with Crippen molar-refractivity contribution in [1.29, 1.82) is 0 Å². The number of phenolic OH excluding ortho intramolecular Hbond substituents is 1. The molecule has 1 heterocycles. The zero-order chi connectivity index (χ0) is 20.4. The zero-order valence-corrected chi connectivity index (χ0v) is 19.4. The van der Waals surface area contributed by atoms with Crippen LogP contribution in [0.1, 0.15) is 18.4 Å². The van der Waals surface area contributed by atoms with Crippen LogP contribution >= 0.6 is 24.0 Å². The largest absolute Gasteiger partial charge is 0.508 e. The van der Waals surface area contributed by atoms with Gasteiger partial charge in [0.1, 0.15) is 5.75 Å². The van der Waals surface area contributed by atoms with Crippen molar-refractivity contribution in [1.82, 2.24) is 15.5 Å². The van der Waals surface area contributed by atoms with E-state index in [1.807, 2.05) is 12.1 Å². The number of aliphatic imine (C=N–C) groups is 1. The molecule has 0 radical (unpaired) electrons. The predicted molar refractivity (Wildman–Crippen MR) is 126 cm³/mol. The Kier molecular flexibility index (Phi) is 7.38. The van der Waals surface area contributed by atoms with Crippen LogP contribution in [-0.4, -0.2) is 54.5 Å². The van der Waals surface area contributed by atoms with Crippen molar-refractivity contribution in [3.63, 3.8) is 0 Å². The van der Waals surface area contributed by atoms with E-state index < -0.39 is 0 Å². The summed E-state index contributed by atoms with van der Waals surface area (Å²) >= 11 is 0. The fourth-order valence-electron chi connectivity index (χ4n) is 4.85. The first kappa shape index (κ1) is 22.6. The molecule has 4 rings (SSSR count). The van der Waals surface area contributed by atoms with Crippen LogP contribution in [0.4, 0.5) is 0 Å². The topological polar surface area (TPSA) is 94.0 Å². The number of rotatable bonds is 7. The normalized spacial score (nSPS) is 26.7. The standard InChI is InChI=1S/C22H28N4O3.HI/c1-23-22(24-10-2-3-14-4-8-17(27)9-5-14)25-11-12-26-20(28)18-15-6-7-16(13-15)19(18)21(26)29;/h4-9,15-16,18-19,27H,2-3,10-13H2,1H3,(H2,23,24,25);1H. The first-order chi connectivity index (χ1) is 14.1. The number of carbonyl (C=O) groups excluding carboxylic acids is 2. The van der Waals surface area contributed by atoms with Crippen molar-refractivity contribution in [2.24, 2.45) is 28.7 Å². The minimum Gasteiger partial charge on any atom is -0.508 e. The number of allylic oxidation sites excluding steroid dienone is 2. The molecule has 2 fully saturated rings. The highest BCUT2D eigenvalue weighted by atomic mass is 127. The first-order valence-electron chi connectivity index (χ1n) is 10.3. The second-order valence-corrected chi connectivity index (χ2v) is 8.02. The number of imide groups is 1. The first-order valence-corrected chi connectivity index (χ1v) is 10.3. The average Bonchev–Trinajstić information content (AvgIpc) is 3.40. The van der Waals surface area contributed by atoms with Gasteiger partial charge in [-0.15, -0.1) is 24.0 Å². The zero-order valence-electron chi connectivity index (χ0n) is 17.1. The number of guanidine groups is 1. The van der Waals surface area contributed by atoms with Gasteiger partial charge in [0.25, 0.3) is 0 Å². The SMILES string of the molecule is CN=C(NCCCc1ccc(O)cc1)NCCN1C(=O)C2C3C=CC(C3)C2C1=O.I. The summed E-state index contributed by atoms with van der Waals surface area (Å²) in [7, 11) is 1.70. The maximum absolute atomic E-state index is 12.7. The highest BCUT2D eigenvalue weighted by Crippen LogP contribution is 2.52. The van der Waals surface area contributed by atoms with Crippen molar-refractivity contribution >= 4 is 41.8 Å². The molecule has 0 spiro atoms. The summed E-state index contributed by atoms with van der Waals surface area (Å²) in [5.41, 5.74) is 1.17. The number of fused-ring (bicyclic) bond motifs is 5. The van der Waals surface area contributed by atoms with Gasteiger partial charge in [-0.3, -0.25) is 19.5 Å². The van der Waals surface area contributed by atoms with E-state index >= 15 is 0 Å². The highest BCUT2D eigenvalue weighted by Gasteiger charge is 2.58. The number of carbonyl (C=O) groups is 2. The minimum atomic E-state index is -0.130. The molecule has 7 nitrogen and oxygen atoms in total. The van der Waals surface area contributed by atoms with Crippen molar-refractivity contribution in [3.8, 4) is 5.75 Å². The Morgan fingerprint density at radius 3 is 2.27 bits per heavy atom. The van der Waals surface area contributed by atoms with E-state index in [-0.39, 0.29) is 65.2 Å². The summed E-state index contributed by atoms with van der Waals surface area (Å²) in [6.07, 6.45) is 7.01. The maximum atomic E-state index is 12.7. The van der Waals surface area contributed by atoms with E-state index in [2.05, 4.69) is 27.8 Å². The molecule has 3 aliphatic rings. The van der Waals surface area contributed by atoms with Gasteiger partial charge in [0.2, 0.25) is 11.8 Å². The average molecular weight is 524 g/mol. The van der Waals surface area contributed by atoms with E-state index in [4.69, 9.17) is 0 Å². The number of hydrogen-bond donors (Lipinski definition) is 3. The molecule has 8 heteroatoms. The lowest BCUT2D eigenvalue weighted by Gasteiger charge is -2.18. The smallest absolute Gasteiger partial charge is 0.233 e. The number of nitrogens with one attached hydrogen (secondary N) is 2. The number of benzene rings is 1. The van der Waals surface area contributed by atoms with Crippen molar-refractivity contribution in [2.45, 2.75) is 19.3 Å². The van der Waals surface area contributed by atoms with Crippen molar-refractivity contribution in [3.05, 3.63) is 42.0 Å². The third kappa shape index (κ3) is 4.48. The third-order valence-electron chi connectivity index (χ3n) is 6.28. The number of hydrogen-bond acceptors (Lipinski definition) is 4. The molecule has 4 unspecified atom stereocenters. The molecule has 2 bridgehead atoms. The van der Waals surface area contributed by atoms with Crippen LogP contribution in [0, 0.1) is 23.7 Å². The second-order valence-electron chi connectivity index (χ2n) is 8.02. The molecule has 2 aliphatic carbocycles. The molecule has 162 valence electrons. The van der Waals surface area contributed by atoms with Crippen LogP contribution in [0.3, 0.4) is 0 Å². The number of nitrogens with zero attached hydrogens (tertiary/aromatic N) is 2. The van der Waals surface area contributed by atoms with Gasteiger partial charge in [0, 0.05) is 26.7 Å². The van der Waals surface area contributed by atoms with E-state index in [0.29, 0.717) is 19.0 Å². The Morgan fingerprint density at radius 2 is 1.67 bits per heavy atom. The molecule has 2 amide bonds. The van der Waals surface area contributed by atoms with E-state index in [0.717, 1.165) is 25.8 Å². The lowest BCUT2D eigenvalue weighted by Crippen LogP contribution is -2.44. The number of aromatic hydroxyl groups is 1. The van der Waals surface area contributed by atoms with E-state index in [1.165, 1.54) is 10.5 Å². The molecular weight excluding hydrogens is 495 g/mol. The number of halogens is 1. The van der Waals surface area contributed by atoms with Gasteiger partial charge in [-0.2, -0.15) is 0 Å². The Balaban J connectivity index is 0.00000256. The van der Waals surface area contributed by atoms with Crippen molar-refractivity contribution in [2.75, 3.05) is 26.7 Å². The Labute approximate surface area is 194 Å². The van der Waals surface area contributed by atoms with Gasteiger partial charge < -0.3 is 15.7 Å². The summed E-state index contributed by atoms with van der Waals surface area (Å²) < 4.78 is 0. The molecule has 1 aromatic carbocycles. The van der Waals surface area contributed by atoms with Gasteiger partial charge in [-0.05, 0) is 48.8 Å². The summed E-state index contributed by atoms with van der Waals surface area (Å²) in [5, 5.41) is 15.8. The number of amides is 2. The molecule has 1 saturated carbocycles. The minimum absolute atomic E-state index is 0. The second kappa shape index (κ2) is 9.80. The van der Waals surface area contributed by atoms with E-state index in [9.17, 15) is 14.7 Å². The highest BCUT2D eigenvalue weighted by molar-refractivity contribution is 14.0. The molecular formula is C22H29IN4O3. The molecule has 30 heavy (non-hydrogen) atoms. The van der Waals surface area contributed by atoms with Crippen LogP contribution in [0.2, 0.25) is 0 Å². The maximum Gasteiger partial charge on any atom is 0.233 e. The molecule has 3 N–H and O–H groups in total. The van der Waals surface area contributed by atoms with Gasteiger partial charge in [-0.25, -0.2) is 0 Å². The Bertz CT molecular complexity index is 809. The van der Waals surface area contributed by atoms with Crippen LogP contribution in [0.15, 0.2) is 41.4 Å². The van der Waals surface area contributed by atoms with Gasteiger partial charge in [0.15, 0.2) is 5.96 Å². The lowest BCUT2D eigenvalue weighted by molar-refractivity contribution is -0.140. The third-order valence-corrected chi connectivity index (χ3v) is 6.28. The van der Waals surface area contributed by atoms with Gasteiger partial charge >= 0.3 is 0 Å². The van der Waals surface area contributed by atoms with Crippen LogP contribution in [0.25, 0.3) is 0 Å². The Hall–Kier alpha value is -2.10. The van der Waals surface area contributed by atoms with Crippen LogP contribution in [0.5, 0.6) is 5.75 Å². The molecule has 1 saturated heterocycles. The van der Waals surface area contributed by atoms with Crippen LogP contribution < -0.4 is 10.6 Å². The van der Waals surface area contributed by atoms with Crippen LogP contribution in [-0.2, 0) is 16.0 Å². The molecule has 1 aliphatic heterocycles. The van der Waals surface area contributed by atoms with Gasteiger partial charge in [-0.1, -0.05) is 24.3 Å². The number of likely N-dealkylation sites (tertiary alicyclic amines) is 1. The van der Waals surface area contributed by atoms with Gasteiger partial charge in [0.05, 0.1) is 11.8 Å². The monoisotopic (exact) mass is 524 g/mol. The summed E-state index contributed by atoms with van der Waals surface area (Å²) in [5.74, 6) is 1.18. The summed E-state index contributed by atoms with van der Waals surface area (Å²) in [4.78, 5) is 31.0. The summed E-state index contributed by atoms with van der Waals surface area (Å²) in [6, 6.07) is 7.23. The fourth-order valence-corrected chi connectivity index (χ4v) is 4.85. The van der Waals surface area contributed by atoms with Crippen molar-refractivity contribution < 1.29 is 14.7 Å².